The monoisotopic (exact) mass is 264 g/mol. The molecule has 0 amide bonds. The first kappa shape index (κ1) is 15.5. The van der Waals surface area contributed by atoms with Crippen LogP contribution in [0.1, 0.15) is 38.2 Å². The van der Waals surface area contributed by atoms with E-state index in [1.807, 2.05) is 12.1 Å². The molecule has 0 aromatic heterocycles. The summed E-state index contributed by atoms with van der Waals surface area (Å²) in [6.45, 7) is 7.00. The van der Waals surface area contributed by atoms with Crippen LogP contribution in [0.15, 0.2) is 24.3 Å². The minimum absolute atomic E-state index is 0.744. The van der Waals surface area contributed by atoms with Gasteiger partial charge in [0, 0.05) is 12.6 Å². The molecule has 4 nitrogen and oxygen atoms in total. The van der Waals surface area contributed by atoms with Crippen molar-refractivity contribution in [3.63, 3.8) is 0 Å². The molecule has 0 spiro atoms. The summed E-state index contributed by atoms with van der Waals surface area (Å²) >= 11 is 0. The molecule has 0 saturated carbocycles. The summed E-state index contributed by atoms with van der Waals surface area (Å²) in [5, 5.41) is 7.42. The average Bonchev–Trinajstić information content (AvgIpc) is 2.39. The maximum absolute atomic E-state index is 9.00. The number of carboxylic acids is 1. The number of nitrogens with two attached hydrogens (primary N) is 1. The fraction of sp³-hybridized carbons (Fsp3) is 0.533. The summed E-state index contributed by atoms with van der Waals surface area (Å²) in [7, 11) is 0. The SMILES string of the molecule is CC(=O)O.CCN1CCC(c2ccc(N)cc2)CC1. The van der Waals surface area contributed by atoms with Crippen LogP contribution in [0, 0.1) is 0 Å². The van der Waals surface area contributed by atoms with Crippen LogP contribution in [0.25, 0.3) is 0 Å². The fourth-order valence-electron chi connectivity index (χ4n) is 2.35. The molecular formula is C15H24N2O2. The van der Waals surface area contributed by atoms with Crippen molar-refractivity contribution < 1.29 is 9.90 Å². The lowest BCUT2D eigenvalue weighted by Crippen LogP contribution is -2.32. The molecule has 0 bridgehead atoms. The molecule has 0 aliphatic carbocycles. The maximum Gasteiger partial charge on any atom is 0.300 e. The Hall–Kier alpha value is -1.55. The maximum atomic E-state index is 9.00. The fourth-order valence-corrected chi connectivity index (χ4v) is 2.35. The molecule has 19 heavy (non-hydrogen) atoms. The van der Waals surface area contributed by atoms with E-state index in [2.05, 4.69) is 24.0 Å². The van der Waals surface area contributed by atoms with Crippen molar-refractivity contribution in [3.8, 4) is 0 Å². The zero-order chi connectivity index (χ0) is 14.3. The summed E-state index contributed by atoms with van der Waals surface area (Å²) in [4.78, 5) is 11.5. The highest BCUT2D eigenvalue weighted by atomic mass is 16.4. The number of aliphatic carboxylic acids is 1. The van der Waals surface area contributed by atoms with E-state index in [-0.39, 0.29) is 0 Å². The van der Waals surface area contributed by atoms with E-state index in [0.29, 0.717) is 0 Å². The Balaban J connectivity index is 0.000000399. The summed E-state index contributed by atoms with van der Waals surface area (Å²) in [6, 6.07) is 8.40. The van der Waals surface area contributed by atoms with Crippen LogP contribution < -0.4 is 5.73 Å². The second-order valence-corrected chi connectivity index (χ2v) is 4.89. The number of nitrogen functional groups attached to an aromatic ring is 1. The van der Waals surface area contributed by atoms with Crippen LogP contribution in [0.4, 0.5) is 5.69 Å². The number of anilines is 1. The van der Waals surface area contributed by atoms with Crippen LogP contribution in [-0.4, -0.2) is 35.6 Å². The van der Waals surface area contributed by atoms with Crippen LogP contribution in [0.5, 0.6) is 0 Å². The molecule has 1 aliphatic heterocycles. The van der Waals surface area contributed by atoms with Gasteiger partial charge >= 0.3 is 0 Å². The number of carbonyl (C=O) groups is 1. The first-order valence-corrected chi connectivity index (χ1v) is 6.80. The molecule has 106 valence electrons. The Morgan fingerprint density at radius 1 is 1.32 bits per heavy atom. The highest BCUT2D eigenvalue weighted by Gasteiger charge is 2.18. The quantitative estimate of drug-likeness (QED) is 0.806. The van der Waals surface area contributed by atoms with E-state index < -0.39 is 5.97 Å². The Morgan fingerprint density at radius 2 is 1.79 bits per heavy atom. The van der Waals surface area contributed by atoms with Gasteiger partial charge in [-0.05, 0) is 56.1 Å². The molecule has 4 heteroatoms. The van der Waals surface area contributed by atoms with Crippen molar-refractivity contribution in [3.05, 3.63) is 29.8 Å². The lowest BCUT2D eigenvalue weighted by molar-refractivity contribution is -0.134. The number of hydrogen-bond acceptors (Lipinski definition) is 3. The van der Waals surface area contributed by atoms with Crippen LogP contribution in [0.3, 0.4) is 0 Å². The first-order valence-electron chi connectivity index (χ1n) is 6.80. The zero-order valence-corrected chi connectivity index (χ0v) is 11.8. The van der Waals surface area contributed by atoms with Gasteiger partial charge in [0.2, 0.25) is 0 Å². The summed E-state index contributed by atoms with van der Waals surface area (Å²) in [5.41, 5.74) is 8.02. The van der Waals surface area contributed by atoms with Crippen LogP contribution in [-0.2, 0) is 4.79 Å². The number of likely N-dealkylation sites (tertiary alicyclic amines) is 1. The van der Waals surface area contributed by atoms with Crippen LogP contribution in [0.2, 0.25) is 0 Å². The van der Waals surface area contributed by atoms with Gasteiger partial charge in [0.05, 0.1) is 0 Å². The van der Waals surface area contributed by atoms with E-state index in [1.54, 1.807) is 0 Å². The van der Waals surface area contributed by atoms with E-state index in [4.69, 9.17) is 15.6 Å². The molecule has 3 N–H and O–H groups in total. The molecular weight excluding hydrogens is 240 g/mol. The van der Waals surface area contributed by atoms with Gasteiger partial charge in [-0.1, -0.05) is 19.1 Å². The molecule has 1 saturated heterocycles. The smallest absolute Gasteiger partial charge is 0.300 e. The van der Waals surface area contributed by atoms with Gasteiger partial charge in [-0.2, -0.15) is 0 Å². The number of hydrogen-bond donors (Lipinski definition) is 2. The van der Waals surface area contributed by atoms with E-state index in [0.717, 1.165) is 18.5 Å². The number of piperidine rings is 1. The van der Waals surface area contributed by atoms with Crippen molar-refractivity contribution >= 4 is 11.7 Å². The number of benzene rings is 1. The second-order valence-electron chi connectivity index (χ2n) is 4.89. The Kier molecular flexibility index (Phi) is 6.36. The summed E-state index contributed by atoms with van der Waals surface area (Å²) < 4.78 is 0. The second kappa shape index (κ2) is 7.79. The molecule has 1 aromatic carbocycles. The molecule has 1 heterocycles. The third-order valence-electron chi connectivity index (χ3n) is 3.44. The Bertz CT molecular complexity index is 378. The molecule has 1 aliphatic rings. The third kappa shape index (κ3) is 5.75. The van der Waals surface area contributed by atoms with Gasteiger partial charge in [-0.3, -0.25) is 4.79 Å². The molecule has 1 fully saturated rings. The van der Waals surface area contributed by atoms with Crippen LogP contribution >= 0.6 is 0 Å². The van der Waals surface area contributed by atoms with Gasteiger partial charge < -0.3 is 15.7 Å². The van der Waals surface area contributed by atoms with E-state index in [9.17, 15) is 0 Å². The average molecular weight is 264 g/mol. The highest BCUT2D eigenvalue weighted by molar-refractivity contribution is 5.62. The zero-order valence-electron chi connectivity index (χ0n) is 11.8. The molecule has 0 radical (unpaired) electrons. The summed E-state index contributed by atoms with van der Waals surface area (Å²) in [5.74, 6) is -0.0894. The Labute approximate surface area is 115 Å². The molecule has 2 rings (SSSR count). The minimum Gasteiger partial charge on any atom is -0.481 e. The Morgan fingerprint density at radius 3 is 2.21 bits per heavy atom. The lowest BCUT2D eigenvalue weighted by atomic mass is 9.89. The first-order chi connectivity index (χ1) is 9.02. The van der Waals surface area contributed by atoms with Gasteiger partial charge in [-0.15, -0.1) is 0 Å². The molecule has 0 atom stereocenters. The van der Waals surface area contributed by atoms with E-state index >= 15 is 0 Å². The molecule has 1 aromatic rings. The van der Waals surface area contributed by atoms with Crippen molar-refractivity contribution in [2.45, 2.75) is 32.6 Å². The number of nitrogens with zero attached hydrogens (tertiary/aromatic N) is 1. The number of rotatable bonds is 2. The van der Waals surface area contributed by atoms with Gasteiger partial charge in [0.15, 0.2) is 0 Å². The largest absolute Gasteiger partial charge is 0.481 e. The normalized spacial score (nSPS) is 16.5. The molecule has 0 unspecified atom stereocenters. The predicted octanol–water partition coefficient (Wildman–Crippen LogP) is 2.56. The topological polar surface area (TPSA) is 66.6 Å². The van der Waals surface area contributed by atoms with Crippen molar-refractivity contribution in [2.75, 3.05) is 25.4 Å². The van der Waals surface area contributed by atoms with Gasteiger partial charge in [0.25, 0.3) is 5.97 Å². The van der Waals surface area contributed by atoms with Crippen molar-refractivity contribution in [2.24, 2.45) is 0 Å². The van der Waals surface area contributed by atoms with Crippen molar-refractivity contribution in [1.82, 2.24) is 4.90 Å². The predicted molar refractivity (Wildman–Crippen MR) is 78.3 cm³/mol. The summed E-state index contributed by atoms with van der Waals surface area (Å²) in [6.07, 6.45) is 2.58. The highest BCUT2D eigenvalue weighted by Crippen LogP contribution is 2.28. The van der Waals surface area contributed by atoms with Gasteiger partial charge in [0.1, 0.15) is 0 Å². The third-order valence-corrected chi connectivity index (χ3v) is 3.44. The van der Waals surface area contributed by atoms with Crippen molar-refractivity contribution in [1.29, 1.82) is 0 Å². The lowest BCUT2D eigenvalue weighted by Gasteiger charge is -2.31. The van der Waals surface area contributed by atoms with Gasteiger partial charge in [-0.25, -0.2) is 0 Å². The standard InChI is InChI=1S/C13H20N2.C2H4O2/c1-2-15-9-7-12(8-10-15)11-3-5-13(14)6-4-11;1-2(3)4/h3-6,12H,2,7-10,14H2,1H3;1H3,(H,3,4). The van der Waals surface area contributed by atoms with E-state index in [1.165, 1.54) is 38.0 Å². The number of carboxylic acid groups (broad SMARTS) is 1. The minimum atomic E-state index is -0.833.